The summed E-state index contributed by atoms with van der Waals surface area (Å²) in [4.78, 5) is 23.3. The number of rotatable bonds is 5. The first-order valence-electron chi connectivity index (χ1n) is 6.59. The van der Waals surface area contributed by atoms with E-state index in [1.165, 1.54) is 25.1 Å². The molecule has 1 aromatic carbocycles. The van der Waals surface area contributed by atoms with Crippen molar-refractivity contribution in [3.8, 4) is 5.75 Å². The van der Waals surface area contributed by atoms with Gasteiger partial charge in [0.15, 0.2) is 0 Å². The Hall–Kier alpha value is -2.18. The van der Waals surface area contributed by atoms with Gasteiger partial charge in [-0.2, -0.15) is 8.78 Å². The minimum atomic E-state index is -3.04. The normalized spacial score (nSPS) is 14.1. The fraction of sp³-hybridized carbons (Fsp3) is 0.467. The first-order chi connectivity index (χ1) is 10.1. The van der Waals surface area contributed by atoms with E-state index in [0.717, 1.165) is 0 Å². The summed E-state index contributed by atoms with van der Waals surface area (Å²) in [6.07, 6.45) is -0.404. The number of carbonyl (C=O) groups excluding carboxylic acids is 2. The van der Waals surface area contributed by atoms with Gasteiger partial charge in [-0.15, -0.1) is 0 Å². The second-order valence-electron chi connectivity index (χ2n) is 5.82. The predicted octanol–water partition coefficient (Wildman–Crippen LogP) is 3.23. The van der Waals surface area contributed by atoms with E-state index in [-0.39, 0.29) is 11.3 Å². The quantitative estimate of drug-likeness (QED) is 0.847. The summed E-state index contributed by atoms with van der Waals surface area (Å²) >= 11 is 0. The SMILES string of the molecule is CC(C)(C)OC(=O)NC(C)(C=O)c1ccccc1OC(F)F. The van der Waals surface area contributed by atoms with Gasteiger partial charge >= 0.3 is 12.7 Å². The summed E-state index contributed by atoms with van der Waals surface area (Å²) in [6, 6.07) is 5.75. The molecule has 0 aliphatic rings. The van der Waals surface area contributed by atoms with Crippen LogP contribution >= 0.6 is 0 Å². The number of aldehydes is 1. The molecule has 0 aliphatic heterocycles. The monoisotopic (exact) mass is 315 g/mol. The van der Waals surface area contributed by atoms with Crippen LogP contribution in [0.2, 0.25) is 0 Å². The number of nitrogens with one attached hydrogen (secondary N) is 1. The standard InChI is InChI=1S/C15H19F2NO4/c1-14(2,3)22-13(20)18-15(4,9-19)10-7-5-6-8-11(10)21-12(16)17/h5-9,12H,1-4H3,(H,18,20). The summed E-state index contributed by atoms with van der Waals surface area (Å²) in [5.41, 5.74) is -2.21. The molecule has 0 fully saturated rings. The average Bonchev–Trinajstić information content (AvgIpc) is 2.36. The number of ether oxygens (including phenoxy) is 2. The van der Waals surface area contributed by atoms with E-state index in [9.17, 15) is 18.4 Å². The van der Waals surface area contributed by atoms with E-state index in [2.05, 4.69) is 10.1 Å². The second-order valence-corrected chi connectivity index (χ2v) is 5.82. The van der Waals surface area contributed by atoms with Crippen LogP contribution in [0.25, 0.3) is 0 Å². The lowest BCUT2D eigenvalue weighted by Crippen LogP contribution is -2.47. The summed E-state index contributed by atoms with van der Waals surface area (Å²) in [5, 5.41) is 2.38. The van der Waals surface area contributed by atoms with E-state index >= 15 is 0 Å². The average molecular weight is 315 g/mol. The molecular formula is C15H19F2NO4. The van der Waals surface area contributed by atoms with Gasteiger partial charge in [-0.05, 0) is 33.8 Å². The van der Waals surface area contributed by atoms with Crippen molar-refractivity contribution in [1.29, 1.82) is 0 Å². The Morgan fingerprint density at radius 2 is 1.82 bits per heavy atom. The highest BCUT2D eigenvalue weighted by molar-refractivity contribution is 5.78. The highest BCUT2D eigenvalue weighted by Gasteiger charge is 2.33. The number of hydrogen-bond acceptors (Lipinski definition) is 4. The Morgan fingerprint density at radius 3 is 2.32 bits per heavy atom. The zero-order chi connectivity index (χ0) is 17.0. The molecule has 1 aromatic rings. The lowest BCUT2D eigenvalue weighted by Gasteiger charge is -2.29. The van der Waals surface area contributed by atoms with Crippen LogP contribution in [0.3, 0.4) is 0 Å². The Labute approximate surface area is 127 Å². The van der Waals surface area contributed by atoms with Crippen LogP contribution in [0.1, 0.15) is 33.3 Å². The molecule has 1 unspecified atom stereocenters. The highest BCUT2D eigenvalue weighted by Crippen LogP contribution is 2.30. The van der Waals surface area contributed by atoms with Gasteiger partial charge in [0.05, 0.1) is 0 Å². The summed E-state index contributed by atoms with van der Waals surface area (Å²) in [7, 11) is 0. The number of para-hydroxylation sites is 1. The molecule has 1 rings (SSSR count). The number of alkyl carbamates (subject to hydrolysis) is 1. The maximum Gasteiger partial charge on any atom is 0.408 e. The maximum absolute atomic E-state index is 12.5. The smallest absolute Gasteiger partial charge is 0.408 e. The number of alkyl halides is 2. The van der Waals surface area contributed by atoms with Crippen molar-refractivity contribution >= 4 is 12.4 Å². The van der Waals surface area contributed by atoms with Crippen molar-refractivity contribution in [2.45, 2.75) is 45.4 Å². The van der Waals surface area contributed by atoms with E-state index in [0.29, 0.717) is 6.29 Å². The van der Waals surface area contributed by atoms with Crippen LogP contribution in [-0.2, 0) is 15.1 Å². The molecule has 1 N–H and O–H groups in total. The molecule has 5 nitrogen and oxygen atoms in total. The van der Waals surface area contributed by atoms with Crippen molar-refractivity contribution in [3.05, 3.63) is 29.8 Å². The molecule has 0 bridgehead atoms. The van der Waals surface area contributed by atoms with Crippen molar-refractivity contribution < 1.29 is 27.8 Å². The lowest BCUT2D eigenvalue weighted by atomic mass is 9.93. The topological polar surface area (TPSA) is 64.6 Å². The zero-order valence-electron chi connectivity index (χ0n) is 12.9. The molecule has 0 radical (unpaired) electrons. The minimum absolute atomic E-state index is 0.108. The third-order valence-corrected chi connectivity index (χ3v) is 2.66. The molecule has 0 heterocycles. The van der Waals surface area contributed by atoms with Crippen LogP contribution in [0.15, 0.2) is 24.3 Å². The van der Waals surface area contributed by atoms with Gasteiger partial charge in [-0.1, -0.05) is 18.2 Å². The molecule has 0 aromatic heterocycles. The molecule has 0 saturated carbocycles. The largest absolute Gasteiger partial charge is 0.444 e. The minimum Gasteiger partial charge on any atom is -0.444 e. The second kappa shape index (κ2) is 6.72. The van der Waals surface area contributed by atoms with Gasteiger partial charge in [0.25, 0.3) is 0 Å². The molecular weight excluding hydrogens is 296 g/mol. The molecule has 7 heteroatoms. The van der Waals surface area contributed by atoms with E-state index < -0.39 is 23.8 Å². The molecule has 122 valence electrons. The van der Waals surface area contributed by atoms with Crippen molar-refractivity contribution in [2.75, 3.05) is 0 Å². The van der Waals surface area contributed by atoms with Crippen LogP contribution in [-0.4, -0.2) is 24.6 Å². The fourth-order valence-electron chi connectivity index (χ4n) is 1.77. The Bertz CT molecular complexity index is 543. The van der Waals surface area contributed by atoms with Crippen LogP contribution in [0.5, 0.6) is 5.75 Å². The van der Waals surface area contributed by atoms with Crippen molar-refractivity contribution in [2.24, 2.45) is 0 Å². The number of hydrogen-bond donors (Lipinski definition) is 1. The molecule has 22 heavy (non-hydrogen) atoms. The number of amides is 1. The molecule has 0 spiro atoms. The van der Waals surface area contributed by atoms with Gasteiger partial charge in [0, 0.05) is 5.56 Å². The zero-order valence-corrected chi connectivity index (χ0v) is 12.9. The van der Waals surface area contributed by atoms with Gasteiger partial charge < -0.3 is 19.6 Å². The van der Waals surface area contributed by atoms with E-state index in [1.807, 2.05) is 0 Å². The molecule has 0 aliphatic carbocycles. The summed E-state index contributed by atoms with van der Waals surface area (Å²) < 4.78 is 34.4. The van der Waals surface area contributed by atoms with Crippen LogP contribution < -0.4 is 10.1 Å². The van der Waals surface area contributed by atoms with Crippen molar-refractivity contribution in [3.63, 3.8) is 0 Å². The molecule has 1 amide bonds. The van der Waals surface area contributed by atoms with Gasteiger partial charge in [-0.3, -0.25) is 0 Å². The number of benzene rings is 1. The van der Waals surface area contributed by atoms with E-state index in [1.54, 1.807) is 26.8 Å². The van der Waals surface area contributed by atoms with Crippen LogP contribution in [0.4, 0.5) is 13.6 Å². The summed E-state index contributed by atoms with van der Waals surface area (Å²) in [6.45, 7) is 3.33. The molecule has 0 saturated heterocycles. The third-order valence-electron chi connectivity index (χ3n) is 2.66. The number of halogens is 2. The van der Waals surface area contributed by atoms with Gasteiger partial charge in [-0.25, -0.2) is 4.79 Å². The van der Waals surface area contributed by atoms with Gasteiger partial charge in [0.2, 0.25) is 0 Å². The first-order valence-corrected chi connectivity index (χ1v) is 6.59. The highest BCUT2D eigenvalue weighted by atomic mass is 19.3. The van der Waals surface area contributed by atoms with Crippen LogP contribution in [0, 0.1) is 0 Å². The fourth-order valence-corrected chi connectivity index (χ4v) is 1.77. The van der Waals surface area contributed by atoms with E-state index in [4.69, 9.17) is 4.74 Å². The Balaban J connectivity index is 3.08. The molecule has 1 atom stereocenters. The van der Waals surface area contributed by atoms with Crippen molar-refractivity contribution in [1.82, 2.24) is 5.32 Å². The third kappa shape index (κ3) is 4.98. The van der Waals surface area contributed by atoms with Gasteiger partial charge in [0.1, 0.15) is 23.2 Å². The summed E-state index contributed by atoms with van der Waals surface area (Å²) in [5.74, 6) is -0.192. The number of carbonyl (C=O) groups is 2. The first kappa shape index (κ1) is 17.9. The Kier molecular flexibility index (Phi) is 5.46. The maximum atomic E-state index is 12.5. The lowest BCUT2D eigenvalue weighted by molar-refractivity contribution is -0.113. The predicted molar refractivity (Wildman–Crippen MR) is 75.9 cm³/mol. The Morgan fingerprint density at radius 1 is 1.23 bits per heavy atom.